The van der Waals surface area contributed by atoms with Gasteiger partial charge in [-0.2, -0.15) is 13.2 Å². The second-order valence-electron chi connectivity index (χ2n) is 4.07. The Morgan fingerprint density at radius 1 is 0.905 bits per heavy atom. The first kappa shape index (κ1) is 16.1. The van der Waals surface area contributed by atoms with Gasteiger partial charge in [0.15, 0.2) is 0 Å². The lowest BCUT2D eigenvalue weighted by molar-refractivity contribution is -0.138. The normalized spacial score (nSPS) is 11.3. The van der Waals surface area contributed by atoms with Crippen LogP contribution in [0.3, 0.4) is 0 Å². The number of hydrogen-bond donors (Lipinski definition) is 2. The van der Waals surface area contributed by atoms with Crippen LogP contribution in [0.5, 0.6) is 0 Å². The third-order valence-electron chi connectivity index (χ3n) is 2.54. The number of hydrazine groups is 1. The van der Waals surface area contributed by atoms with Gasteiger partial charge in [0.2, 0.25) is 0 Å². The minimum Gasteiger partial charge on any atom is -0.301 e. The third kappa shape index (κ3) is 4.10. The van der Waals surface area contributed by atoms with Crippen LogP contribution in [0.4, 0.5) is 28.9 Å². The molecule has 0 atom stereocenters. The van der Waals surface area contributed by atoms with E-state index < -0.39 is 17.6 Å². The molecule has 0 amide bonds. The van der Waals surface area contributed by atoms with Gasteiger partial charge >= 0.3 is 6.18 Å². The second kappa shape index (κ2) is 6.23. The molecule has 0 spiro atoms. The molecule has 0 aliphatic rings. The predicted octanol–water partition coefficient (Wildman–Crippen LogP) is 5.81. The highest BCUT2D eigenvalue weighted by molar-refractivity contribution is 9.10. The van der Waals surface area contributed by atoms with Crippen molar-refractivity contribution in [2.75, 3.05) is 10.9 Å². The molecule has 0 aromatic heterocycles. The molecule has 0 saturated heterocycles. The standard InChI is InChI=1S/C13H8Br2F4N2/c14-7-1-4-12(11(16)5-7)21-20-8-2-3-10(15)9(6-8)13(17,18)19/h1-6,20-21H. The lowest BCUT2D eigenvalue weighted by Gasteiger charge is -2.14. The number of nitrogens with one attached hydrogen (secondary N) is 2. The molecule has 0 heterocycles. The fraction of sp³-hybridized carbons (Fsp3) is 0.0769. The van der Waals surface area contributed by atoms with Gasteiger partial charge in [0.1, 0.15) is 5.82 Å². The van der Waals surface area contributed by atoms with Crippen molar-refractivity contribution in [2.45, 2.75) is 6.18 Å². The first-order chi connectivity index (χ1) is 9.77. The van der Waals surface area contributed by atoms with E-state index in [1.165, 1.54) is 24.3 Å². The van der Waals surface area contributed by atoms with Crippen LogP contribution >= 0.6 is 31.9 Å². The van der Waals surface area contributed by atoms with Crippen molar-refractivity contribution in [1.82, 2.24) is 0 Å². The summed E-state index contributed by atoms with van der Waals surface area (Å²) in [6.45, 7) is 0. The zero-order chi connectivity index (χ0) is 15.6. The van der Waals surface area contributed by atoms with Crippen LogP contribution in [-0.4, -0.2) is 0 Å². The second-order valence-corrected chi connectivity index (χ2v) is 5.84. The molecule has 0 bridgehead atoms. The topological polar surface area (TPSA) is 24.1 Å². The van der Waals surface area contributed by atoms with Gasteiger partial charge in [-0.3, -0.25) is 5.43 Å². The zero-order valence-corrected chi connectivity index (χ0v) is 13.4. The van der Waals surface area contributed by atoms with E-state index in [0.717, 1.165) is 6.07 Å². The molecular weight excluding hydrogens is 420 g/mol. The fourth-order valence-corrected chi connectivity index (χ4v) is 2.36. The van der Waals surface area contributed by atoms with Crippen LogP contribution in [0, 0.1) is 5.82 Å². The summed E-state index contributed by atoms with van der Waals surface area (Å²) in [7, 11) is 0. The molecule has 2 N–H and O–H groups in total. The van der Waals surface area contributed by atoms with Crippen LogP contribution in [0.1, 0.15) is 5.56 Å². The Morgan fingerprint density at radius 3 is 2.24 bits per heavy atom. The highest BCUT2D eigenvalue weighted by atomic mass is 79.9. The van der Waals surface area contributed by atoms with Crippen molar-refractivity contribution in [1.29, 1.82) is 0 Å². The van der Waals surface area contributed by atoms with Crippen molar-refractivity contribution in [3.05, 3.63) is 56.7 Å². The summed E-state index contributed by atoms with van der Waals surface area (Å²) in [6.07, 6.45) is -4.47. The lowest BCUT2D eigenvalue weighted by atomic mass is 10.2. The quantitative estimate of drug-likeness (QED) is 0.477. The van der Waals surface area contributed by atoms with Crippen LogP contribution < -0.4 is 10.9 Å². The molecule has 2 aromatic carbocycles. The molecule has 0 radical (unpaired) electrons. The average molecular weight is 428 g/mol. The van der Waals surface area contributed by atoms with E-state index in [0.29, 0.717) is 4.47 Å². The molecule has 8 heteroatoms. The fourth-order valence-electron chi connectivity index (χ4n) is 1.55. The molecule has 0 unspecified atom stereocenters. The highest BCUT2D eigenvalue weighted by Gasteiger charge is 2.33. The van der Waals surface area contributed by atoms with E-state index in [1.54, 1.807) is 6.07 Å². The maximum Gasteiger partial charge on any atom is 0.417 e. The summed E-state index contributed by atoms with van der Waals surface area (Å²) >= 11 is 5.96. The van der Waals surface area contributed by atoms with E-state index in [2.05, 4.69) is 42.7 Å². The minimum absolute atomic E-state index is 0.0598. The Balaban J connectivity index is 2.17. The largest absolute Gasteiger partial charge is 0.417 e. The van der Waals surface area contributed by atoms with Crippen molar-refractivity contribution < 1.29 is 17.6 Å². The van der Waals surface area contributed by atoms with E-state index in [4.69, 9.17) is 0 Å². The van der Waals surface area contributed by atoms with Crippen LogP contribution in [0.25, 0.3) is 0 Å². The Morgan fingerprint density at radius 2 is 1.62 bits per heavy atom. The Labute approximate surface area is 134 Å². The third-order valence-corrected chi connectivity index (χ3v) is 3.73. The SMILES string of the molecule is Fc1cc(Br)ccc1NNc1ccc(Br)c(C(F)(F)F)c1. The van der Waals surface area contributed by atoms with E-state index >= 15 is 0 Å². The first-order valence-electron chi connectivity index (χ1n) is 5.61. The molecule has 2 rings (SSSR count). The maximum atomic E-state index is 13.6. The number of halogens is 6. The van der Waals surface area contributed by atoms with Crippen LogP contribution in [0.2, 0.25) is 0 Å². The molecule has 0 aliphatic heterocycles. The van der Waals surface area contributed by atoms with Gasteiger partial charge in [-0.15, -0.1) is 0 Å². The van der Waals surface area contributed by atoms with Gasteiger partial charge in [-0.05, 0) is 36.4 Å². The number of rotatable bonds is 3. The van der Waals surface area contributed by atoms with Gasteiger partial charge in [0.25, 0.3) is 0 Å². The monoisotopic (exact) mass is 426 g/mol. The lowest BCUT2D eigenvalue weighted by Crippen LogP contribution is -2.12. The molecule has 0 fully saturated rings. The minimum atomic E-state index is -4.47. The molecular formula is C13H8Br2F4N2. The summed E-state index contributed by atoms with van der Waals surface area (Å²) < 4.78 is 52.3. The van der Waals surface area contributed by atoms with Gasteiger partial charge in [0.05, 0.1) is 16.9 Å². The Bertz CT molecular complexity index is 659. The van der Waals surface area contributed by atoms with Crippen molar-refractivity contribution in [3.8, 4) is 0 Å². The van der Waals surface area contributed by atoms with Crippen molar-refractivity contribution >= 4 is 43.2 Å². The van der Waals surface area contributed by atoms with Gasteiger partial charge in [-0.1, -0.05) is 31.9 Å². The maximum absolute atomic E-state index is 13.6. The molecule has 2 nitrogen and oxygen atoms in total. The highest BCUT2D eigenvalue weighted by Crippen LogP contribution is 2.36. The number of hydrogen-bond acceptors (Lipinski definition) is 2. The Hall–Kier alpha value is -1.28. The summed E-state index contributed by atoms with van der Waals surface area (Å²) in [5.74, 6) is -0.537. The first-order valence-corrected chi connectivity index (χ1v) is 7.20. The van der Waals surface area contributed by atoms with Crippen LogP contribution in [-0.2, 0) is 6.18 Å². The van der Waals surface area contributed by atoms with Crippen molar-refractivity contribution in [2.24, 2.45) is 0 Å². The summed E-state index contributed by atoms with van der Waals surface area (Å²) in [5.41, 5.74) is 4.53. The van der Waals surface area contributed by atoms with E-state index in [1.807, 2.05) is 0 Å². The summed E-state index contributed by atoms with van der Waals surface area (Å²) in [6, 6.07) is 7.93. The number of alkyl halides is 3. The van der Waals surface area contributed by atoms with E-state index in [-0.39, 0.29) is 15.8 Å². The van der Waals surface area contributed by atoms with Gasteiger partial charge in [0, 0.05) is 8.95 Å². The molecule has 2 aromatic rings. The predicted molar refractivity (Wildman–Crippen MR) is 80.5 cm³/mol. The van der Waals surface area contributed by atoms with Crippen molar-refractivity contribution in [3.63, 3.8) is 0 Å². The molecule has 0 saturated carbocycles. The average Bonchev–Trinajstić information content (AvgIpc) is 2.38. The number of benzene rings is 2. The summed E-state index contributed by atoms with van der Waals surface area (Å²) in [5, 5.41) is 0. The molecule has 21 heavy (non-hydrogen) atoms. The molecule has 112 valence electrons. The van der Waals surface area contributed by atoms with Gasteiger partial charge in [-0.25, -0.2) is 4.39 Å². The summed E-state index contributed by atoms with van der Waals surface area (Å²) in [4.78, 5) is 0. The van der Waals surface area contributed by atoms with Gasteiger partial charge < -0.3 is 5.43 Å². The molecule has 0 aliphatic carbocycles. The van der Waals surface area contributed by atoms with E-state index in [9.17, 15) is 17.6 Å². The zero-order valence-electron chi connectivity index (χ0n) is 10.2. The smallest absolute Gasteiger partial charge is 0.301 e. The Kier molecular flexibility index (Phi) is 4.77. The van der Waals surface area contributed by atoms with Crippen LogP contribution in [0.15, 0.2) is 45.3 Å². The number of anilines is 2.